The number of benzene rings is 1. The summed E-state index contributed by atoms with van der Waals surface area (Å²) in [4.78, 5) is 62.6. The molecule has 3 N–H and O–H groups in total. The molecule has 4 rings (SSSR count). The van der Waals surface area contributed by atoms with Crippen molar-refractivity contribution in [2.24, 2.45) is 0 Å². The summed E-state index contributed by atoms with van der Waals surface area (Å²) in [6, 6.07) is 6.77. The van der Waals surface area contributed by atoms with Crippen LogP contribution in [0.15, 0.2) is 43.0 Å². The lowest BCUT2D eigenvalue weighted by molar-refractivity contribution is -0.169. The SMILES string of the molecule is CC(C)(C)OC(=O)NCCN1C(=O)C(n2cnc3c(NC(=O)OCc4ccccc4)ncnc32)C1C(=O)O. The Morgan fingerprint density at radius 2 is 1.82 bits per heavy atom. The van der Waals surface area contributed by atoms with Gasteiger partial charge >= 0.3 is 18.2 Å². The van der Waals surface area contributed by atoms with Crippen molar-refractivity contribution in [3.63, 3.8) is 0 Å². The number of alkyl carbamates (subject to hydrolysis) is 1. The molecular weight excluding hydrogens is 498 g/mol. The number of rotatable bonds is 8. The van der Waals surface area contributed by atoms with E-state index in [0.29, 0.717) is 0 Å². The maximum atomic E-state index is 12.9. The van der Waals surface area contributed by atoms with E-state index in [4.69, 9.17) is 9.47 Å². The first-order valence-corrected chi connectivity index (χ1v) is 11.7. The van der Waals surface area contributed by atoms with Crippen LogP contribution in [-0.2, 0) is 25.7 Å². The number of nitrogens with zero attached hydrogens (tertiary/aromatic N) is 5. The number of likely N-dealkylation sites (tertiary alicyclic amines) is 1. The minimum Gasteiger partial charge on any atom is -0.480 e. The van der Waals surface area contributed by atoms with Crippen molar-refractivity contribution in [1.29, 1.82) is 0 Å². The van der Waals surface area contributed by atoms with E-state index < -0.39 is 41.7 Å². The van der Waals surface area contributed by atoms with Gasteiger partial charge in [-0.15, -0.1) is 0 Å². The van der Waals surface area contributed by atoms with E-state index in [0.717, 1.165) is 16.8 Å². The van der Waals surface area contributed by atoms with Gasteiger partial charge in [-0.25, -0.2) is 29.3 Å². The van der Waals surface area contributed by atoms with E-state index in [2.05, 4.69) is 25.6 Å². The summed E-state index contributed by atoms with van der Waals surface area (Å²) in [6.07, 6.45) is 0.993. The number of hydrogen-bond acceptors (Lipinski definition) is 9. The third-order valence-corrected chi connectivity index (χ3v) is 5.54. The second-order valence-corrected chi connectivity index (χ2v) is 9.42. The molecule has 2 atom stereocenters. The van der Waals surface area contributed by atoms with Crippen LogP contribution in [0.2, 0.25) is 0 Å². The van der Waals surface area contributed by atoms with E-state index in [1.54, 1.807) is 20.8 Å². The van der Waals surface area contributed by atoms with Crippen molar-refractivity contribution in [3.05, 3.63) is 48.5 Å². The molecule has 1 aromatic carbocycles. The zero-order chi connectivity index (χ0) is 27.4. The van der Waals surface area contributed by atoms with Crippen molar-refractivity contribution in [3.8, 4) is 0 Å². The molecule has 14 nitrogen and oxygen atoms in total. The average Bonchev–Trinajstić information content (AvgIpc) is 3.27. The van der Waals surface area contributed by atoms with Gasteiger partial charge in [-0.2, -0.15) is 0 Å². The van der Waals surface area contributed by atoms with Crippen molar-refractivity contribution in [1.82, 2.24) is 29.7 Å². The van der Waals surface area contributed by atoms with Gasteiger partial charge in [0.05, 0.1) is 6.33 Å². The van der Waals surface area contributed by atoms with E-state index >= 15 is 0 Å². The molecule has 0 saturated carbocycles. The first-order chi connectivity index (χ1) is 18.0. The maximum absolute atomic E-state index is 12.9. The van der Waals surface area contributed by atoms with E-state index in [1.807, 2.05) is 30.3 Å². The number of aliphatic carboxylic acids is 1. The fourth-order valence-corrected chi connectivity index (χ4v) is 3.91. The van der Waals surface area contributed by atoms with Crippen LogP contribution in [0.3, 0.4) is 0 Å². The fourth-order valence-electron chi connectivity index (χ4n) is 3.91. The highest BCUT2D eigenvalue weighted by molar-refractivity contribution is 6.00. The molecular formula is C24H27N7O7. The van der Waals surface area contributed by atoms with E-state index in [9.17, 15) is 24.3 Å². The number of carbonyl (C=O) groups is 4. The summed E-state index contributed by atoms with van der Waals surface area (Å²) >= 11 is 0. The molecule has 1 aliphatic rings. The number of fused-ring (bicyclic) bond motifs is 1. The zero-order valence-corrected chi connectivity index (χ0v) is 21.0. The van der Waals surface area contributed by atoms with Crippen molar-refractivity contribution in [2.45, 2.75) is 45.1 Å². The number of aromatic nitrogens is 4. The number of amides is 3. The minimum absolute atomic E-state index is 0.00314. The highest BCUT2D eigenvalue weighted by atomic mass is 16.6. The number of nitrogens with one attached hydrogen (secondary N) is 2. The number of imidazole rings is 1. The second-order valence-electron chi connectivity index (χ2n) is 9.42. The number of carbonyl (C=O) groups excluding carboxylic acids is 3. The van der Waals surface area contributed by atoms with Gasteiger partial charge in [-0.3, -0.25) is 14.7 Å². The van der Waals surface area contributed by atoms with E-state index in [1.165, 1.54) is 10.9 Å². The largest absolute Gasteiger partial charge is 0.480 e. The third kappa shape index (κ3) is 5.79. The smallest absolute Gasteiger partial charge is 0.413 e. The summed E-state index contributed by atoms with van der Waals surface area (Å²) in [6.45, 7) is 5.15. The quantitative estimate of drug-likeness (QED) is 0.368. The Kier molecular flexibility index (Phi) is 7.41. The van der Waals surface area contributed by atoms with Gasteiger partial charge in [0.25, 0.3) is 0 Å². The fraction of sp³-hybridized carbons (Fsp3) is 0.375. The van der Waals surface area contributed by atoms with Crippen molar-refractivity contribution >= 4 is 41.0 Å². The van der Waals surface area contributed by atoms with Crippen LogP contribution < -0.4 is 10.6 Å². The first-order valence-electron chi connectivity index (χ1n) is 11.7. The van der Waals surface area contributed by atoms with Gasteiger partial charge < -0.3 is 24.8 Å². The predicted molar refractivity (Wildman–Crippen MR) is 132 cm³/mol. The number of ether oxygens (including phenoxy) is 2. The highest BCUT2D eigenvalue weighted by Gasteiger charge is 2.53. The van der Waals surface area contributed by atoms with Gasteiger partial charge in [0, 0.05) is 13.1 Å². The Bertz CT molecular complexity index is 1350. The molecule has 0 radical (unpaired) electrons. The van der Waals surface area contributed by atoms with E-state index in [-0.39, 0.29) is 36.7 Å². The molecule has 1 aliphatic heterocycles. The zero-order valence-electron chi connectivity index (χ0n) is 21.0. The molecule has 38 heavy (non-hydrogen) atoms. The van der Waals surface area contributed by atoms with Crippen molar-refractivity contribution < 1.29 is 33.8 Å². The van der Waals surface area contributed by atoms with Gasteiger partial charge in [-0.05, 0) is 26.3 Å². The molecule has 0 spiro atoms. The highest BCUT2D eigenvalue weighted by Crippen LogP contribution is 2.34. The molecule has 3 aromatic rings. The molecule has 200 valence electrons. The predicted octanol–water partition coefficient (Wildman–Crippen LogP) is 1.94. The number of hydrogen-bond donors (Lipinski definition) is 3. The summed E-state index contributed by atoms with van der Waals surface area (Å²) in [5, 5.41) is 14.8. The number of anilines is 1. The molecule has 1 fully saturated rings. The molecule has 0 bridgehead atoms. The van der Waals surface area contributed by atoms with Crippen LogP contribution in [0.25, 0.3) is 11.2 Å². The summed E-state index contributed by atoms with van der Waals surface area (Å²) < 4.78 is 11.7. The van der Waals surface area contributed by atoms with Gasteiger partial charge in [0.2, 0.25) is 5.91 Å². The first kappa shape index (κ1) is 26.3. The standard InChI is InChI=1S/C24H27N7O7/c1-24(2,3)38-22(35)25-9-10-30-17(21(33)34)16(20(30)32)31-13-28-15-18(26-12-27-19(15)31)29-23(36)37-11-14-7-5-4-6-8-14/h4-8,12-13,16-17H,9-11H2,1-3H3,(H,25,35)(H,33,34)(H,26,27,29,36). The van der Waals surface area contributed by atoms with Gasteiger partial charge in [0.15, 0.2) is 23.0 Å². The average molecular weight is 526 g/mol. The lowest BCUT2D eigenvalue weighted by Gasteiger charge is -2.44. The monoisotopic (exact) mass is 525 g/mol. The van der Waals surface area contributed by atoms with Crippen LogP contribution in [0.1, 0.15) is 32.4 Å². The Balaban J connectivity index is 1.43. The molecule has 3 heterocycles. The van der Waals surface area contributed by atoms with Crippen molar-refractivity contribution in [2.75, 3.05) is 18.4 Å². The Morgan fingerprint density at radius 1 is 1.08 bits per heavy atom. The lowest BCUT2D eigenvalue weighted by Crippen LogP contribution is -2.65. The molecule has 14 heteroatoms. The second kappa shape index (κ2) is 10.7. The normalized spacial score (nSPS) is 17.0. The Labute approximate surface area is 217 Å². The van der Waals surface area contributed by atoms with Crippen LogP contribution in [0.5, 0.6) is 0 Å². The van der Waals surface area contributed by atoms with Gasteiger partial charge in [0.1, 0.15) is 24.6 Å². The number of carboxylic acids is 1. The van der Waals surface area contributed by atoms with Crippen LogP contribution >= 0.6 is 0 Å². The lowest BCUT2D eigenvalue weighted by atomic mass is 9.94. The minimum atomic E-state index is -1.23. The molecule has 3 amide bonds. The molecule has 0 aliphatic carbocycles. The number of carboxylic acid groups (broad SMARTS) is 1. The molecule has 1 saturated heterocycles. The summed E-state index contributed by atoms with van der Waals surface area (Å²) in [5.74, 6) is -1.67. The molecule has 2 unspecified atom stereocenters. The van der Waals surface area contributed by atoms with Crippen LogP contribution in [0, 0.1) is 0 Å². The van der Waals surface area contributed by atoms with Crippen LogP contribution in [-0.4, -0.2) is 78.3 Å². The summed E-state index contributed by atoms with van der Waals surface area (Å²) in [5.41, 5.74) is 0.427. The third-order valence-electron chi connectivity index (χ3n) is 5.54. The number of β-lactam (4-membered cyclic amide) rings is 1. The Morgan fingerprint density at radius 3 is 2.50 bits per heavy atom. The maximum Gasteiger partial charge on any atom is 0.413 e. The van der Waals surface area contributed by atoms with Crippen LogP contribution in [0.4, 0.5) is 15.4 Å². The topological polar surface area (TPSA) is 178 Å². The van der Waals surface area contributed by atoms with Gasteiger partial charge in [-0.1, -0.05) is 30.3 Å². The summed E-state index contributed by atoms with van der Waals surface area (Å²) in [7, 11) is 0. The molecule has 2 aromatic heterocycles. The Hall–Kier alpha value is -4.75.